The highest BCUT2D eigenvalue weighted by Crippen LogP contribution is 2.30. The van der Waals surface area contributed by atoms with Gasteiger partial charge >= 0.3 is 0 Å². The number of aromatic nitrogens is 2. The Balaban J connectivity index is 1.93. The van der Waals surface area contributed by atoms with E-state index in [1.54, 1.807) is 6.20 Å². The van der Waals surface area contributed by atoms with Crippen molar-refractivity contribution in [2.45, 2.75) is 39.2 Å². The first-order chi connectivity index (χ1) is 13.0. The fraction of sp³-hybridized carbons (Fsp3) is 0.450. The van der Waals surface area contributed by atoms with Crippen LogP contribution in [0.2, 0.25) is 5.02 Å². The van der Waals surface area contributed by atoms with Gasteiger partial charge in [-0.25, -0.2) is 9.97 Å². The monoisotopic (exact) mass is 450 g/mol. The molecule has 7 heteroatoms. The van der Waals surface area contributed by atoms with Crippen LogP contribution in [0.5, 0.6) is 0 Å². The van der Waals surface area contributed by atoms with E-state index in [-0.39, 0.29) is 17.6 Å². The molecule has 0 spiro atoms. The van der Waals surface area contributed by atoms with Crippen LogP contribution in [-0.4, -0.2) is 40.4 Å². The molecule has 1 aliphatic rings. The summed E-state index contributed by atoms with van der Waals surface area (Å²) in [6.45, 7) is 6.55. The maximum atomic E-state index is 13.4. The van der Waals surface area contributed by atoms with E-state index < -0.39 is 0 Å². The van der Waals surface area contributed by atoms with Gasteiger partial charge in [-0.1, -0.05) is 52.7 Å². The lowest BCUT2D eigenvalue weighted by molar-refractivity contribution is 0.0684. The molecule has 1 fully saturated rings. The van der Waals surface area contributed by atoms with E-state index >= 15 is 0 Å². The van der Waals surface area contributed by atoms with Gasteiger partial charge < -0.3 is 9.80 Å². The Hall–Kier alpha value is -1.66. The minimum absolute atomic E-state index is 0.103. The Morgan fingerprint density at radius 2 is 2.04 bits per heavy atom. The molecule has 0 aliphatic carbocycles. The van der Waals surface area contributed by atoms with Gasteiger partial charge in [-0.2, -0.15) is 0 Å². The second-order valence-electron chi connectivity index (χ2n) is 6.76. The number of hydrogen-bond acceptors (Lipinski definition) is 4. The molecule has 1 aliphatic heterocycles. The van der Waals surface area contributed by atoms with Crippen LogP contribution >= 0.6 is 27.5 Å². The van der Waals surface area contributed by atoms with E-state index in [4.69, 9.17) is 11.6 Å². The summed E-state index contributed by atoms with van der Waals surface area (Å²) in [6, 6.07) is 7.87. The number of halogens is 2. The van der Waals surface area contributed by atoms with Crippen LogP contribution in [0.3, 0.4) is 0 Å². The molecule has 144 valence electrons. The van der Waals surface area contributed by atoms with Crippen LogP contribution in [0.25, 0.3) is 0 Å². The zero-order chi connectivity index (χ0) is 19.4. The highest BCUT2D eigenvalue weighted by Gasteiger charge is 2.27. The van der Waals surface area contributed by atoms with Crippen molar-refractivity contribution in [1.29, 1.82) is 0 Å². The molecule has 1 saturated heterocycles. The number of hydrogen-bond donors (Lipinski definition) is 0. The van der Waals surface area contributed by atoms with E-state index in [0.717, 1.165) is 42.4 Å². The van der Waals surface area contributed by atoms with E-state index in [1.165, 1.54) is 0 Å². The molecule has 27 heavy (non-hydrogen) atoms. The van der Waals surface area contributed by atoms with Gasteiger partial charge in [-0.05, 0) is 37.8 Å². The second kappa shape index (κ2) is 9.02. The van der Waals surface area contributed by atoms with Crippen molar-refractivity contribution in [3.63, 3.8) is 0 Å². The van der Waals surface area contributed by atoms with Crippen LogP contribution in [0, 0.1) is 0 Å². The maximum Gasteiger partial charge on any atom is 0.274 e. The molecule has 2 heterocycles. The minimum atomic E-state index is -0.159. The first-order valence-corrected chi connectivity index (χ1v) is 10.5. The molecular weight excluding hydrogens is 428 g/mol. The van der Waals surface area contributed by atoms with E-state index in [0.29, 0.717) is 17.5 Å². The topological polar surface area (TPSA) is 49.3 Å². The minimum Gasteiger partial charge on any atom is -0.341 e. The van der Waals surface area contributed by atoms with Gasteiger partial charge in [0.1, 0.15) is 0 Å². The molecule has 0 saturated carbocycles. The highest BCUT2D eigenvalue weighted by molar-refractivity contribution is 9.10. The van der Waals surface area contributed by atoms with Crippen LogP contribution < -0.4 is 4.90 Å². The summed E-state index contributed by atoms with van der Waals surface area (Å²) in [6.07, 6.45) is 4.64. The van der Waals surface area contributed by atoms with E-state index in [1.807, 2.05) is 36.1 Å². The third-order valence-electron chi connectivity index (χ3n) is 4.87. The molecule has 1 amide bonds. The van der Waals surface area contributed by atoms with Gasteiger partial charge in [0.15, 0.2) is 5.69 Å². The largest absolute Gasteiger partial charge is 0.341 e. The first kappa shape index (κ1) is 20.1. The van der Waals surface area contributed by atoms with Crippen molar-refractivity contribution in [3.8, 4) is 0 Å². The zero-order valence-electron chi connectivity index (χ0n) is 15.7. The molecule has 3 rings (SSSR count). The average molecular weight is 452 g/mol. The van der Waals surface area contributed by atoms with E-state index in [9.17, 15) is 4.79 Å². The zero-order valence-corrected chi connectivity index (χ0v) is 18.0. The third kappa shape index (κ3) is 4.43. The van der Waals surface area contributed by atoms with Crippen LogP contribution in [-0.2, 0) is 0 Å². The number of carbonyl (C=O) groups is 1. The summed E-state index contributed by atoms with van der Waals surface area (Å²) in [4.78, 5) is 26.2. The summed E-state index contributed by atoms with van der Waals surface area (Å²) in [5, 5.41) is 0.295. The third-order valence-corrected chi connectivity index (χ3v) is 5.87. The molecular formula is C20H24BrClN4O. The summed E-state index contributed by atoms with van der Waals surface area (Å²) >= 11 is 9.92. The Bertz CT molecular complexity index is 810. The van der Waals surface area contributed by atoms with Crippen molar-refractivity contribution < 1.29 is 4.79 Å². The van der Waals surface area contributed by atoms with Gasteiger partial charge in [0.2, 0.25) is 5.95 Å². The molecule has 1 atom stereocenters. The molecule has 0 radical (unpaired) electrons. The molecule has 0 N–H and O–H groups in total. The lowest BCUT2D eigenvalue weighted by atomic mass is 10.1. The van der Waals surface area contributed by atoms with Crippen molar-refractivity contribution in [1.82, 2.24) is 14.9 Å². The SMILES string of the molecule is CCCN(C(=O)c1nc(N2CCCC2)ncc1Cl)C(C)c1ccccc1Br. The van der Waals surface area contributed by atoms with Crippen molar-refractivity contribution in [2.24, 2.45) is 0 Å². The lowest BCUT2D eigenvalue weighted by Crippen LogP contribution is -2.35. The summed E-state index contributed by atoms with van der Waals surface area (Å²) in [7, 11) is 0. The number of nitrogens with zero attached hydrogens (tertiary/aromatic N) is 4. The Morgan fingerprint density at radius 3 is 2.70 bits per heavy atom. The van der Waals surface area contributed by atoms with Crippen LogP contribution in [0.4, 0.5) is 5.95 Å². The lowest BCUT2D eigenvalue weighted by Gasteiger charge is -2.30. The van der Waals surface area contributed by atoms with Gasteiger partial charge in [-0.3, -0.25) is 4.79 Å². The van der Waals surface area contributed by atoms with Crippen molar-refractivity contribution >= 4 is 39.4 Å². The fourth-order valence-electron chi connectivity index (χ4n) is 3.41. The molecule has 2 aromatic rings. The van der Waals surface area contributed by atoms with Gasteiger partial charge in [0, 0.05) is 24.1 Å². The quantitative estimate of drug-likeness (QED) is 0.612. The number of amides is 1. The highest BCUT2D eigenvalue weighted by atomic mass is 79.9. The van der Waals surface area contributed by atoms with E-state index in [2.05, 4.69) is 37.7 Å². The maximum absolute atomic E-state index is 13.4. The van der Waals surface area contributed by atoms with Crippen LogP contribution in [0.1, 0.15) is 55.2 Å². The van der Waals surface area contributed by atoms with Gasteiger partial charge in [0.25, 0.3) is 5.91 Å². The Morgan fingerprint density at radius 1 is 1.33 bits per heavy atom. The first-order valence-electron chi connectivity index (χ1n) is 9.35. The second-order valence-corrected chi connectivity index (χ2v) is 8.02. The van der Waals surface area contributed by atoms with Gasteiger partial charge in [0.05, 0.1) is 17.3 Å². The van der Waals surface area contributed by atoms with Crippen molar-refractivity contribution in [2.75, 3.05) is 24.5 Å². The van der Waals surface area contributed by atoms with Crippen LogP contribution in [0.15, 0.2) is 34.9 Å². The smallest absolute Gasteiger partial charge is 0.274 e. The summed E-state index contributed by atoms with van der Waals surface area (Å²) in [5.41, 5.74) is 1.34. The summed E-state index contributed by atoms with van der Waals surface area (Å²) < 4.78 is 0.984. The van der Waals surface area contributed by atoms with Crippen molar-refractivity contribution in [3.05, 3.63) is 51.2 Å². The normalized spacial score (nSPS) is 15.0. The average Bonchev–Trinajstić information content (AvgIpc) is 3.20. The molecule has 5 nitrogen and oxygen atoms in total. The molecule has 1 aromatic heterocycles. The summed E-state index contributed by atoms with van der Waals surface area (Å²) in [5.74, 6) is 0.429. The number of benzene rings is 1. The molecule has 1 aromatic carbocycles. The predicted molar refractivity (Wildman–Crippen MR) is 112 cm³/mol. The Kier molecular flexibility index (Phi) is 6.71. The fourth-order valence-corrected chi connectivity index (χ4v) is 4.20. The number of carbonyl (C=O) groups excluding carboxylic acids is 1. The number of anilines is 1. The number of rotatable bonds is 6. The standard InChI is InChI=1S/C20H24BrClN4O/c1-3-10-26(14(2)15-8-4-5-9-16(15)21)19(27)18-17(22)13-23-20(24-18)25-11-6-7-12-25/h4-5,8-9,13-14H,3,6-7,10-12H2,1-2H3. The predicted octanol–water partition coefficient (Wildman–Crippen LogP) is 5.11. The Labute approximate surface area is 173 Å². The molecule has 0 bridgehead atoms. The van der Waals surface area contributed by atoms with Gasteiger partial charge in [-0.15, -0.1) is 0 Å². The molecule has 1 unspecified atom stereocenters.